The van der Waals surface area contributed by atoms with Crippen LogP contribution in [-0.4, -0.2) is 11.5 Å². The Morgan fingerprint density at radius 2 is 2.11 bits per heavy atom. The van der Waals surface area contributed by atoms with Gasteiger partial charge in [-0.1, -0.05) is 32.3 Å². The van der Waals surface area contributed by atoms with E-state index in [-0.39, 0.29) is 5.69 Å². The van der Waals surface area contributed by atoms with Crippen LogP contribution in [0.2, 0.25) is 0 Å². The molecule has 0 aromatic heterocycles. The number of nitro benzene ring substituents is 1. The molecule has 100 valence electrons. The topological polar surface area (TPSA) is 52.4 Å². The van der Waals surface area contributed by atoms with Gasteiger partial charge < -0.3 is 4.74 Å². The molecule has 0 N–H and O–H groups in total. The maximum atomic E-state index is 10.8. The molecule has 0 aliphatic carbocycles. The normalized spacial score (nSPS) is 10.3. The maximum absolute atomic E-state index is 10.8. The molecule has 0 saturated heterocycles. The predicted molar refractivity (Wildman–Crippen MR) is 72.3 cm³/mol. The molecule has 1 rings (SSSR count). The van der Waals surface area contributed by atoms with Crippen LogP contribution in [0.1, 0.15) is 38.2 Å². The first kappa shape index (κ1) is 14.8. The molecule has 0 saturated carbocycles. The smallest absolute Gasteiger partial charge is 0.310 e. The van der Waals surface area contributed by atoms with Crippen molar-refractivity contribution in [2.45, 2.75) is 38.5 Å². The highest BCUT2D eigenvalue weighted by Gasteiger charge is 2.15. The van der Waals surface area contributed by atoms with E-state index in [9.17, 15) is 10.1 Å². The summed E-state index contributed by atoms with van der Waals surface area (Å²) in [6.07, 6.45) is 4.31. The van der Waals surface area contributed by atoms with Crippen molar-refractivity contribution in [3.8, 4) is 5.75 Å². The first-order valence-electron chi connectivity index (χ1n) is 6.15. The van der Waals surface area contributed by atoms with Crippen molar-refractivity contribution in [1.82, 2.24) is 0 Å². The van der Waals surface area contributed by atoms with E-state index in [1.165, 1.54) is 6.07 Å². The molecule has 0 atom stereocenters. The number of alkyl halides is 1. The first-order valence-corrected chi connectivity index (χ1v) is 6.68. The van der Waals surface area contributed by atoms with Gasteiger partial charge in [0, 0.05) is 11.9 Å². The van der Waals surface area contributed by atoms with Crippen molar-refractivity contribution in [1.29, 1.82) is 0 Å². The summed E-state index contributed by atoms with van der Waals surface area (Å²) in [5.74, 6) is 0.638. The highest BCUT2D eigenvalue weighted by molar-refractivity contribution is 6.17. The van der Waals surface area contributed by atoms with E-state index in [0.717, 1.165) is 31.2 Å². The third-order valence-corrected chi connectivity index (χ3v) is 2.94. The van der Waals surface area contributed by atoms with Crippen LogP contribution in [0, 0.1) is 10.1 Å². The Morgan fingerprint density at radius 3 is 2.72 bits per heavy atom. The van der Waals surface area contributed by atoms with Gasteiger partial charge in [0.05, 0.1) is 11.5 Å². The molecule has 0 aliphatic rings. The number of rotatable bonds is 8. The SMILES string of the molecule is CCCCCCOc1cc(CCl)ccc1[N+](=O)[O-]. The van der Waals surface area contributed by atoms with Crippen LogP contribution >= 0.6 is 11.6 Å². The standard InChI is InChI=1S/C13H18ClNO3/c1-2-3-4-5-8-18-13-9-11(10-14)6-7-12(13)15(16)17/h6-7,9H,2-5,8,10H2,1H3. The Balaban J connectivity index is 2.63. The largest absolute Gasteiger partial charge is 0.487 e. The lowest BCUT2D eigenvalue weighted by Gasteiger charge is -2.07. The van der Waals surface area contributed by atoms with Gasteiger partial charge in [-0.15, -0.1) is 11.6 Å². The molecule has 1 aromatic rings. The summed E-state index contributed by atoms with van der Waals surface area (Å²) in [6.45, 7) is 2.64. The van der Waals surface area contributed by atoms with Crippen LogP contribution in [0.25, 0.3) is 0 Å². The molecule has 18 heavy (non-hydrogen) atoms. The minimum Gasteiger partial charge on any atom is -0.487 e. The lowest BCUT2D eigenvalue weighted by Crippen LogP contribution is -2.01. The molecule has 4 nitrogen and oxygen atoms in total. The Morgan fingerprint density at radius 1 is 1.33 bits per heavy atom. The van der Waals surface area contributed by atoms with Crippen molar-refractivity contribution >= 4 is 17.3 Å². The van der Waals surface area contributed by atoms with Gasteiger partial charge in [0.25, 0.3) is 0 Å². The number of halogens is 1. The zero-order chi connectivity index (χ0) is 13.4. The average Bonchev–Trinajstić information content (AvgIpc) is 2.38. The number of hydrogen-bond acceptors (Lipinski definition) is 3. The highest BCUT2D eigenvalue weighted by Crippen LogP contribution is 2.28. The summed E-state index contributed by atoms with van der Waals surface area (Å²) in [6, 6.07) is 4.74. The van der Waals surface area contributed by atoms with E-state index in [0.29, 0.717) is 18.2 Å². The maximum Gasteiger partial charge on any atom is 0.310 e. The van der Waals surface area contributed by atoms with E-state index < -0.39 is 4.92 Å². The van der Waals surface area contributed by atoms with Crippen molar-refractivity contribution in [3.63, 3.8) is 0 Å². The van der Waals surface area contributed by atoms with Gasteiger partial charge >= 0.3 is 5.69 Å². The van der Waals surface area contributed by atoms with E-state index >= 15 is 0 Å². The molecule has 0 radical (unpaired) electrons. The fourth-order valence-corrected chi connectivity index (χ4v) is 1.79. The van der Waals surface area contributed by atoms with E-state index in [1.54, 1.807) is 12.1 Å². The quantitative estimate of drug-likeness (QED) is 0.307. The van der Waals surface area contributed by atoms with Gasteiger partial charge in [0.15, 0.2) is 5.75 Å². The van der Waals surface area contributed by atoms with Crippen molar-refractivity contribution in [2.75, 3.05) is 6.61 Å². The Kier molecular flexibility index (Phi) is 6.50. The van der Waals surface area contributed by atoms with Crippen LogP contribution in [0.5, 0.6) is 5.75 Å². The van der Waals surface area contributed by atoms with Crippen molar-refractivity contribution < 1.29 is 9.66 Å². The number of nitro groups is 1. The van der Waals surface area contributed by atoms with Gasteiger partial charge in [-0.3, -0.25) is 10.1 Å². The van der Waals surface area contributed by atoms with Crippen LogP contribution in [0.4, 0.5) is 5.69 Å². The second-order valence-electron chi connectivity index (χ2n) is 4.10. The first-order chi connectivity index (χ1) is 8.69. The number of ether oxygens (including phenoxy) is 1. The van der Waals surface area contributed by atoms with Crippen LogP contribution in [-0.2, 0) is 5.88 Å². The summed E-state index contributed by atoms with van der Waals surface area (Å²) < 4.78 is 5.49. The zero-order valence-corrected chi connectivity index (χ0v) is 11.3. The number of hydrogen-bond donors (Lipinski definition) is 0. The molecule has 0 unspecified atom stereocenters. The number of benzene rings is 1. The summed E-state index contributed by atoms with van der Waals surface area (Å²) >= 11 is 5.71. The third-order valence-electron chi connectivity index (χ3n) is 2.63. The van der Waals surface area contributed by atoms with Crippen molar-refractivity contribution in [3.05, 3.63) is 33.9 Å². The van der Waals surface area contributed by atoms with Gasteiger partial charge in [-0.05, 0) is 18.1 Å². The minimum absolute atomic E-state index is 0.000594. The Hall–Kier alpha value is -1.29. The molecule has 0 bridgehead atoms. The summed E-state index contributed by atoms with van der Waals surface area (Å²) in [4.78, 5) is 10.4. The number of unbranched alkanes of at least 4 members (excludes halogenated alkanes) is 3. The summed E-state index contributed by atoms with van der Waals surface area (Å²) in [7, 11) is 0. The molecule has 1 aromatic carbocycles. The lowest BCUT2D eigenvalue weighted by molar-refractivity contribution is -0.385. The molecule has 0 fully saturated rings. The minimum atomic E-state index is -0.431. The average molecular weight is 272 g/mol. The number of nitrogens with zero attached hydrogens (tertiary/aromatic N) is 1. The van der Waals surface area contributed by atoms with E-state index in [2.05, 4.69) is 6.92 Å². The Bertz CT molecular complexity index is 396. The second-order valence-corrected chi connectivity index (χ2v) is 4.37. The molecular formula is C13H18ClNO3. The van der Waals surface area contributed by atoms with Gasteiger partial charge in [0.2, 0.25) is 0 Å². The predicted octanol–water partition coefficient (Wildman–Crippen LogP) is 4.29. The fraction of sp³-hybridized carbons (Fsp3) is 0.538. The van der Waals surface area contributed by atoms with Gasteiger partial charge in [-0.2, -0.15) is 0 Å². The lowest BCUT2D eigenvalue weighted by atomic mass is 10.2. The van der Waals surface area contributed by atoms with Gasteiger partial charge in [-0.25, -0.2) is 0 Å². The second kappa shape index (κ2) is 7.93. The van der Waals surface area contributed by atoms with E-state index in [1.807, 2.05) is 0 Å². The highest BCUT2D eigenvalue weighted by atomic mass is 35.5. The Labute approximate surface area is 112 Å². The molecule has 0 aliphatic heterocycles. The zero-order valence-electron chi connectivity index (χ0n) is 10.5. The molecular weight excluding hydrogens is 254 g/mol. The van der Waals surface area contributed by atoms with Gasteiger partial charge in [0.1, 0.15) is 0 Å². The molecule has 0 heterocycles. The molecule has 5 heteroatoms. The summed E-state index contributed by atoms with van der Waals surface area (Å²) in [5.41, 5.74) is 0.824. The van der Waals surface area contributed by atoms with Crippen molar-refractivity contribution in [2.24, 2.45) is 0 Å². The fourth-order valence-electron chi connectivity index (χ4n) is 1.62. The van der Waals surface area contributed by atoms with E-state index in [4.69, 9.17) is 16.3 Å². The molecule has 0 amide bonds. The van der Waals surface area contributed by atoms with Crippen LogP contribution < -0.4 is 4.74 Å². The monoisotopic (exact) mass is 271 g/mol. The molecule has 0 spiro atoms. The summed E-state index contributed by atoms with van der Waals surface area (Å²) in [5, 5.41) is 10.8. The third kappa shape index (κ3) is 4.53. The van der Waals surface area contributed by atoms with Crippen LogP contribution in [0.3, 0.4) is 0 Å². The van der Waals surface area contributed by atoms with Crippen LogP contribution in [0.15, 0.2) is 18.2 Å².